The third-order valence-corrected chi connectivity index (χ3v) is 6.79. The van der Waals surface area contributed by atoms with E-state index in [0.29, 0.717) is 12.8 Å². The maximum atomic E-state index is 13.1. The lowest BCUT2D eigenvalue weighted by atomic mass is 9.76. The molecular formula is C17H19ClF3N3O3S. The van der Waals surface area contributed by atoms with E-state index in [4.69, 9.17) is 22.6 Å². The third kappa shape index (κ3) is 5.59. The lowest BCUT2D eigenvalue weighted by molar-refractivity contribution is -0.140. The molecule has 1 fully saturated rings. The topological polar surface area (TPSA) is 104 Å². The first kappa shape index (κ1) is 22.5. The molecule has 1 atom stereocenters. The minimum absolute atomic E-state index is 0.186. The predicted octanol–water partition coefficient (Wildman–Crippen LogP) is 3.08. The van der Waals surface area contributed by atoms with Crippen molar-refractivity contribution >= 4 is 27.5 Å². The number of carbonyl (C=O) groups excluding carboxylic acids is 1. The van der Waals surface area contributed by atoms with Crippen molar-refractivity contribution in [2.24, 2.45) is 17.6 Å². The molecule has 0 aromatic heterocycles. The average Bonchev–Trinajstić information content (AvgIpc) is 2.54. The van der Waals surface area contributed by atoms with Crippen molar-refractivity contribution in [3.63, 3.8) is 0 Å². The van der Waals surface area contributed by atoms with E-state index in [1.165, 1.54) is 24.3 Å². The Balaban J connectivity index is 2.35. The summed E-state index contributed by atoms with van der Waals surface area (Å²) >= 11 is 5.76. The molecule has 0 radical (unpaired) electrons. The van der Waals surface area contributed by atoms with Gasteiger partial charge in [0.15, 0.2) is 0 Å². The summed E-state index contributed by atoms with van der Waals surface area (Å²) in [5, 5.41) is 9.16. The molecule has 0 bridgehead atoms. The Morgan fingerprint density at radius 2 is 1.89 bits per heavy atom. The van der Waals surface area contributed by atoms with E-state index >= 15 is 0 Å². The molecule has 1 saturated carbocycles. The first-order valence-electron chi connectivity index (χ1n) is 8.47. The fourth-order valence-electron chi connectivity index (χ4n) is 3.11. The Morgan fingerprint density at radius 1 is 1.32 bits per heavy atom. The first-order chi connectivity index (χ1) is 12.9. The van der Waals surface area contributed by atoms with Gasteiger partial charge in [-0.05, 0) is 49.4 Å². The second-order valence-corrected chi connectivity index (χ2v) is 9.09. The molecule has 0 spiro atoms. The van der Waals surface area contributed by atoms with E-state index in [-0.39, 0.29) is 28.3 Å². The minimum Gasteiger partial charge on any atom is -0.368 e. The van der Waals surface area contributed by atoms with Crippen LogP contribution in [0.4, 0.5) is 13.2 Å². The smallest absolute Gasteiger partial charge is 0.368 e. The number of primary amides is 1. The second-order valence-electron chi connectivity index (χ2n) is 6.76. The second kappa shape index (κ2) is 8.68. The molecule has 2 rings (SSSR count). The van der Waals surface area contributed by atoms with E-state index in [0.717, 1.165) is 4.31 Å². The number of benzene rings is 1. The highest BCUT2D eigenvalue weighted by Crippen LogP contribution is 2.36. The van der Waals surface area contributed by atoms with Gasteiger partial charge in [-0.3, -0.25) is 4.79 Å². The lowest BCUT2D eigenvalue weighted by Crippen LogP contribution is -2.51. The maximum absolute atomic E-state index is 13.1. The number of hydrogen-bond donors (Lipinski definition) is 1. The van der Waals surface area contributed by atoms with Crippen molar-refractivity contribution in [3.8, 4) is 6.07 Å². The number of hydrogen-bond acceptors (Lipinski definition) is 4. The SMILES string of the molecule is N#CC1CC(CN([C@H](CCC(F)(F)F)C(N)=O)S(=O)(=O)c2ccc(Cl)cc2)C1. The van der Waals surface area contributed by atoms with Crippen LogP contribution in [0.15, 0.2) is 29.2 Å². The summed E-state index contributed by atoms with van der Waals surface area (Å²) in [7, 11) is -4.30. The molecular weight excluding hydrogens is 419 g/mol. The Morgan fingerprint density at radius 3 is 2.36 bits per heavy atom. The van der Waals surface area contributed by atoms with Crippen molar-refractivity contribution in [2.75, 3.05) is 6.54 Å². The van der Waals surface area contributed by atoms with E-state index in [1.807, 2.05) is 0 Å². The normalized spacial score (nSPS) is 21.0. The van der Waals surface area contributed by atoms with Crippen LogP contribution in [0.3, 0.4) is 0 Å². The van der Waals surface area contributed by atoms with Gasteiger partial charge in [-0.2, -0.15) is 22.7 Å². The summed E-state index contributed by atoms with van der Waals surface area (Å²) in [6.07, 6.45) is -5.87. The summed E-state index contributed by atoms with van der Waals surface area (Å²) in [5.74, 6) is -1.62. The molecule has 1 aromatic rings. The molecule has 11 heteroatoms. The molecule has 0 heterocycles. The van der Waals surface area contributed by atoms with Crippen LogP contribution in [-0.4, -0.2) is 37.4 Å². The van der Waals surface area contributed by atoms with Crippen LogP contribution in [0, 0.1) is 23.2 Å². The highest BCUT2D eigenvalue weighted by atomic mass is 35.5. The van der Waals surface area contributed by atoms with E-state index < -0.39 is 41.0 Å². The molecule has 28 heavy (non-hydrogen) atoms. The Bertz CT molecular complexity index is 847. The van der Waals surface area contributed by atoms with Gasteiger partial charge in [0.25, 0.3) is 0 Å². The van der Waals surface area contributed by atoms with Gasteiger partial charge in [-0.25, -0.2) is 8.42 Å². The highest BCUT2D eigenvalue weighted by Gasteiger charge is 2.41. The van der Waals surface area contributed by atoms with Crippen molar-refractivity contribution in [1.82, 2.24) is 4.31 Å². The number of nitrogens with two attached hydrogens (primary N) is 1. The molecule has 0 unspecified atom stereocenters. The molecule has 0 saturated heterocycles. The molecule has 6 nitrogen and oxygen atoms in total. The van der Waals surface area contributed by atoms with Gasteiger partial charge in [-0.1, -0.05) is 11.6 Å². The van der Waals surface area contributed by atoms with Crippen LogP contribution in [0.1, 0.15) is 25.7 Å². The van der Waals surface area contributed by atoms with Crippen LogP contribution in [0.2, 0.25) is 5.02 Å². The zero-order valence-corrected chi connectivity index (χ0v) is 16.3. The van der Waals surface area contributed by atoms with Crippen LogP contribution in [0.5, 0.6) is 0 Å². The third-order valence-electron chi connectivity index (χ3n) is 4.65. The number of alkyl halides is 3. The summed E-state index contributed by atoms with van der Waals surface area (Å²) in [6, 6.07) is 5.49. The van der Waals surface area contributed by atoms with E-state index in [2.05, 4.69) is 6.07 Å². The van der Waals surface area contributed by atoms with Crippen LogP contribution in [-0.2, 0) is 14.8 Å². The summed E-state index contributed by atoms with van der Waals surface area (Å²) in [5.41, 5.74) is 5.27. The first-order valence-corrected chi connectivity index (χ1v) is 10.3. The molecule has 154 valence electrons. The van der Waals surface area contributed by atoms with E-state index in [9.17, 15) is 26.4 Å². The van der Waals surface area contributed by atoms with Gasteiger partial charge >= 0.3 is 6.18 Å². The monoisotopic (exact) mass is 437 g/mol. The van der Waals surface area contributed by atoms with Crippen molar-refractivity contribution < 1.29 is 26.4 Å². The number of carbonyl (C=O) groups is 1. The molecule has 1 aliphatic rings. The summed E-state index contributed by atoms with van der Waals surface area (Å²) < 4.78 is 64.9. The van der Waals surface area contributed by atoms with Gasteiger partial charge < -0.3 is 5.73 Å². The predicted molar refractivity (Wildman–Crippen MR) is 95.4 cm³/mol. The Hall–Kier alpha value is -1.83. The van der Waals surface area contributed by atoms with Crippen molar-refractivity contribution in [1.29, 1.82) is 5.26 Å². The summed E-state index contributed by atoms with van der Waals surface area (Å²) in [6.45, 7) is -0.186. The molecule has 2 N–H and O–H groups in total. The van der Waals surface area contributed by atoms with Gasteiger partial charge in [0.1, 0.15) is 6.04 Å². The number of amides is 1. The van der Waals surface area contributed by atoms with Crippen molar-refractivity contribution in [2.45, 2.75) is 42.8 Å². The fraction of sp³-hybridized carbons (Fsp3) is 0.529. The average molecular weight is 438 g/mol. The molecule has 0 aliphatic heterocycles. The Labute approximate surface area is 166 Å². The fourth-order valence-corrected chi connectivity index (χ4v) is 4.94. The quantitative estimate of drug-likeness (QED) is 0.674. The highest BCUT2D eigenvalue weighted by molar-refractivity contribution is 7.89. The van der Waals surface area contributed by atoms with Gasteiger partial charge in [0.05, 0.1) is 11.0 Å². The minimum atomic E-state index is -4.56. The zero-order valence-electron chi connectivity index (χ0n) is 14.7. The summed E-state index contributed by atoms with van der Waals surface area (Å²) in [4.78, 5) is 11.7. The zero-order chi connectivity index (χ0) is 21.1. The maximum Gasteiger partial charge on any atom is 0.389 e. The number of nitriles is 1. The molecule has 1 aromatic carbocycles. The Kier molecular flexibility index (Phi) is 6.96. The number of nitrogens with zero attached hydrogens (tertiary/aromatic N) is 2. The largest absolute Gasteiger partial charge is 0.389 e. The number of halogens is 4. The standard InChI is InChI=1S/C17H19ClF3N3O3S/c18-13-1-3-14(4-2-13)28(26,27)24(10-12-7-11(8-12)9-22)15(16(23)25)5-6-17(19,20)21/h1-4,11-12,15H,5-8,10H2,(H2,23,25)/t11?,12?,15-/m1/s1. The van der Waals surface area contributed by atoms with Gasteiger partial charge in [0.2, 0.25) is 15.9 Å². The number of sulfonamides is 1. The molecule has 1 aliphatic carbocycles. The van der Waals surface area contributed by atoms with Crippen LogP contribution < -0.4 is 5.73 Å². The van der Waals surface area contributed by atoms with Crippen LogP contribution >= 0.6 is 11.6 Å². The van der Waals surface area contributed by atoms with Crippen LogP contribution in [0.25, 0.3) is 0 Å². The van der Waals surface area contributed by atoms with Crippen molar-refractivity contribution in [3.05, 3.63) is 29.3 Å². The number of rotatable bonds is 8. The van der Waals surface area contributed by atoms with Gasteiger partial charge in [0, 0.05) is 23.9 Å². The lowest BCUT2D eigenvalue weighted by Gasteiger charge is -2.37. The van der Waals surface area contributed by atoms with Gasteiger partial charge in [-0.15, -0.1) is 0 Å². The molecule has 1 amide bonds. The van der Waals surface area contributed by atoms with E-state index in [1.54, 1.807) is 0 Å².